The molecule has 0 aliphatic carbocycles. The van der Waals surface area contributed by atoms with Crippen molar-refractivity contribution >= 4 is 56.5 Å². The average molecular weight is 1030 g/mol. The number of alkyl halides is 1. The highest BCUT2D eigenvalue weighted by Gasteiger charge is 2.43. The van der Waals surface area contributed by atoms with E-state index in [2.05, 4.69) is 25.4 Å². The van der Waals surface area contributed by atoms with Crippen LogP contribution in [0.5, 0.6) is 5.75 Å². The van der Waals surface area contributed by atoms with E-state index in [1.165, 1.54) is 11.1 Å². The van der Waals surface area contributed by atoms with Gasteiger partial charge >= 0.3 is 0 Å². The van der Waals surface area contributed by atoms with Gasteiger partial charge in [0.05, 0.1) is 58.6 Å². The maximum Gasteiger partial charge on any atom is 0.243 e. The number of carbonyl (C=O) groups excluding carboxylic acids is 3. The van der Waals surface area contributed by atoms with Crippen molar-refractivity contribution in [2.75, 3.05) is 30.7 Å². The number of nitrogens with zero attached hydrogens (tertiary/aromatic N) is 6. The number of H-pyrrole nitrogens is 1. The quantitative estimate of drug-likeness (QED) is 0.0368. The van der Waals surface area contributed by atoms with Crippen LogP contribution in [-0.4, -0.2) is 106 Å². The number of benzene rings is 3. The largest absolute Gasteiger partial charge is 0.494 e. The number of nitrogens with one attached hydrogen (secondary N) is 2. The highest BCUT2D eigenvalue weighted by atomic mass is 32.2. The summed E-state index contributed by atoms with van der Waals surface area (Å²) >= 11 is 1.56. The number of anilines is 1. The van der Waals surface area contributed by atoms with E-state index in [9.17, 15) is 32.3 Å². The number of aryl methyl sites for hydroxylation is 2. The number of amides is 2. The number of aromatic nitrogens is 4. The SMILES string of the molecule is Cc1cc([C@H](CCCCOc2ccc(-c3cnc4[nH]cc(C(=O)c5c(F)ccc(N(N6CC[C@@H](F)C6)[SH](=O)=O)c5F)c4c3)cc2)C(=O)N2C[C@H](O)C[C@H]2C(=O)N[C@@H](C)c2ccc(-c3scnc3C)cc2)on1. The van der Waals surface area contributed by atoms with Crippen LogP contribution in [0, 0.1) is 25.5 Å². The Morgan fingerprint density at radius 1 is 1.00 bits per heavy atom. The number of thiazole rings is 1. The lowest BCUT2D eigenvalue weighted by Gasteiger charge is -2.28. The standard InChI is InChI=1S/C51H51F3N8O8S2/c1-28-20-44(70-59-28)38(51(66)61-26-36(63)22-43(61)50(65)58-29(2)31-7-9-33(10-8-31)48-30(3)57-27-71-48)6-4-5-19-69-37-13-11-32(12-14-37)34-21-39-40(24-56-49(39)55-23-34)47(64)45-41(53)15-16-42(46(45)54)62(72(67)68)60-18-17-35(52)25-60/h7-16,20-21,23-24,27,29,35-36,38,43,63,72H,4-6,17-19,22,25-26H2,1-3H3,(H,55,56)(H,58,65)/t29-,35+,36+,38-,43-/m0/s1. The number of rotatable bonds is 18. The number of unbranched alkanes of at least 4 members (excludes halogenated alkanes) is 1. The molecule has 2 aliphatic rings. The molecule has 21 heteroatoms. The zero-order valence-corrected chi connectivity index (χ0v) is 41.1. The molecular weight excluding hydrogens is 974 g/mol. The monoisotopic (exact) mass is 1020 g/mol. The molecule has 2 amide bonds. The third-order valence-corrected chi connectivity index (χ3v) is 14.8. The van der Waals surface area contributed by atoms with Gasteiger partial charge in [-0.25, -0.2) is 36.6 Å². The molecule has 2 saturated heterocycles. The lowest BCUT2D eigenvalue weighted by Crippen LogP contribution is -2.48. The number of hydrogen-bond donors (Lipinski definition) is 4. The summed E-state index contributed by atoms with van der Waals surface area (Å²) in [4.78, 5) is 56.1. The van der Waals surface area contributed by atoms with Gasteiger partial charge in [0.1, 0.15) is 40.9 Å². The number of aromatic amines is 1. The number of aliphatic hydroxyl groups excluding tert-OH is 1. The number of ether oxygens (including phenoxy) is 1. The summed E-state index contributed by atoms with van der Waals surface area (Å²) in [5.74, 6) is -4.20. The molecule has 3 N–H and O–H groups in total. The van der Waals surface area contributed by atoms with Crippen LogP contribution in [0.25, 0.3) is 32.6 Å². The second kappa shape index (κ2) is 21.4. The lowest BCUT2D eigenvalue weighted by molar-refractivity contribution is -0.140. The molecule has 0 unspecified atom stereocenters. The molecule has 0 saturated carbocycles. The number of carbonyl (C=O) groups is 3. The zero-order valence-electron chi connectivity index (χ0n) is 39.4. The predicted molar refractivity (Wildman–Crippen MR) is 263 cm³/mol. The molecule has 16 nitrogen and oxygen atoms in total. The third-order valence-electron chi connectivity index (χ3n) is 13.1. The summed E-state index contributed by atoms with van der Waals surface area (Å²) in [6.07, 6.45) is 2.22. The van der Waals surface area contributed by atoms with Crippen LogP contribution in [0.4, 0.5) is 18.9 Å². The molecule has 0 bridgehead atoms. The number of aliphatic hydroxyl groups is 1. The van der Waals surface area contributed by atoms with Crippen LogP contribution in [0.1, 0.15) is 89.6 Å². The number of fused-ring (bicyclic) bond motifs is 1. The number of pyridine rings is 1. The minimum Gasteiger partial charge on any atom is -0.494 e. The Kier molecular flexibility index (Phi) is 14.9. The molecule has 72 heavy (non-hydrogen) atoms. The van der Waals surface area contributed by atoms with E-state index >= 15 is 8.78 Å². The van der Waals surface area contributed by atoms with E-state index in [0.29, 0.717) is 58.6 Å². The van der Waals surface area contributed by atoms with Crippen molar-refractivity contribution in [1.82, 2.24) is 35.3 Å². The molecule has 3 aromatic carbocycles. The molecule has 0 radical (unpaired) electrons. The average Bonchev–Trinajstić information content (AvgIpc) is 4.23. The van der Waals surface area contributed by atoms with Crippen LogP contribution < -0.4 is 14.5 Å². The Morgan fingerprint density at radius 3 is 2.44 bits per heavy atom. The Bertz CT molecular complexity index is 3190. The van der Waals surface area contributed by atoms with Gasteiger partial charge in [0, 0.05) is 54.5 Å². The summed E-state index contributed by atoms with van der Waals surface area (Å²) < 4.78 is 81.9. The predicted octanol–water partition coefficient (Wildman–Crippen LogP) is 7.93. The fraction of sp³-hybridized carbons (Fsp3) is 0.333. The van der Waals surface area contributed by atoms with Crippen molar-refractivity contribution in [3.8, 4) is 27.3 Å². The van der Waals surface area contributed by atoms with Gasteiger partial charge in [-0.3, -0.25) is 14.4 Å². The van der Waals surface area contributed by atoms with Gasteiger partial charge in [0.25, 0.3) is 0 Å². The normalized spacial score (nSPS) is 17.9. The Balaban J connectivity index is 0.819. The number of ketones is 1. The van der Waals surface area contributed by atoms with Crippen molar-refractivity contribution in [2.24, 2.45) is 0 Å². The van der Waals surface area contributed by atoms with E-state index in [0.717, 1.165) is 38.8 Å². The molecule has 376 valence electrons. The zero-order chi connectivity index (χ0) is 50.8. The van der Waals surface area contributed by atoms with Crippen molar-refractivity contribution < 1.29 is 50.3 Å². The van der Waals surface area contributed by atoms with Gasteiger partial charge in [-0.15, -0.1) is 11.3 Å². The summed E-state index contributed by atoms with van der Waals surface area (Å²) in [5, 5.41) is 19.2. The maximum atomic E-state index is 16.0. The lowest BCUT2D eigenvalue weighted by atomic mass is 9.96. The van der Waals surface area contributed by atoms with Gasteiger partial charge in [0.2, 0.25) is 28.5 Å². The number of β-amino-alcohol motifs (C(OH)–C–C–N with tert-alkyl or cyclic N) is 1. The van der Waals surface area contributed by atoms with Crippen LogP contribution in [0.15, 0.2) is 95.2 Å². The van der Waals surface area contributed by atoms with Crippen molar-refractivity contribution in [3.63, 3.8) is 0 Å². The van der Waals surface area contributed by atoms with Crippen LogP contribution in [0.3, 0.4) is 0 Å². The summed E-state index contributed by atoms with van der Waals surface area (Å²) in [6.45, 7) is 5.57. The van der Waals surface area contributed by atoms with Gasteiger partial charge in [-0.2, -0.15) is 4.41 Å². The van der Waals surface area contributed by atoms with Crippen LogP contribution in [-0.2, 0) is 20.5 Å². The molecule has 9 rings (SSSR count). The molecule has 2 fully saturated rings. The van der Waals surface area contributed by atoms with Crippen molar-refractivity contribution in [2.45, 2.75) is 83.2 Å². The minimum atomic E-state index is -3.51. The van der Waals surface area contributed by atoms with E-state index in [-0.39, 0.29) is 66.9 Å². The Morgan fingerprint density at radius 2 is 1.76 bits per heavy atom. The molecule has 0 spiro atoms. The Hall–Kier alpha value is -6.94. The molecule has 6 heterocycles. The number of halogens is 3. The molecule has 7 aromatic rings. The highest BCUT2D eigenvalue weighted by Crippen LogP contribution is 2.35. The summed E-state index contributed by atoms with van der Waals surface area (Å²) in [6, 6.07) is 18.8. The van der Waals surface area contributed by atoms with Gasteiger partial charge in [-0.05, 0) is 93.5 Å². The third kappa shape index (κ3) is 10.5. The Labute approximate surface area is 417 Å². The van der Waals surface area contributed by atoms with E-state index in [1.54, 1.807) is 66.4 Å². The molecule has 5 atom stereocenters. The first-order chi connectivity index (χ1) is 34.6. The first kappa shape index (κ1) is 50.0. The smallest absolute Gasteiger partial charge is 0.243 e. The molecule has 2 aliphatic heterocycles. The fourth-order valence-electron chi connectivity index (χ4n) is 9.32. The maximum absolute atomic E-state index is 16.0. The van der Waals surface area contributed by atoms with E-state index in [4.69, 9.17) is 9.26 Å². The minimum absolute atomic E-state index is 0.00210. The van der Waals surface area contributed by atoms with E-state index < -0.39 is 63.8 Å². The van der Waals surface area contributed by atoms with Crippen LogP contribution >= 0.6 is 11.3 Å². The highest BCUT2D eigenvalue weighted by molar-refractivity contribution is 7.73. The first-order valence-corrected chi connectivity index (χ1v) is 25.4. The van der Waals surface area contributed by atoms with Crippen molar-refractivity contribution in [1.29, 1.82) is 0 Å². The van der Waals surface area contributed by atoms with E-state index in [1.807, 2.05) is 38.1 Å². The number of thiol groups is 1. The van der Waals surface area contributed by atoms with Crippen LogP contribution in [0.2, 0.25) is 0 Å². The topological polar surface area (TPSA) is 204 Å². The number of hydrogen-bond acceptors (Lipinski definition) is 13. The molecular formula is C51H51F3N8O8S2. The fourth-order valence-corrected chi connectivity index (χ4v) is 10.8. The second-order valence-corrected chi connectivity index (χ2v) is 19.7. The van der Waals surface area contributed by atoms with Crippen molar-refractivity contribution in [3.05, 3.63) is 136 Å². The number of likely N-dealkylation sites (tertiary alicyclic amines) is 1. The van der Waals surface area contributed by atoms with Gasteiger partial charge in [0.15, 0.2) is 5.82 Å². The second-order valence-electron chi connectivity index (χ2n) is 18.0. The van der Waals surface area contributed by atoms with Gasteiger partial charge in [-0.1, -0.05) is 41.6 Å². The van der Waals surface area contributed by atoms with Gasteiger partial charge < -0.3 is 29.6 Å². The summed E-state index contributed by atoms with van der Waals surface area (Å²) in [5.41, 5.74) is 5.14. The first-order valence-electron chi connectivity index (χ1n) is 23.4. The summed E-state index contributed by atoms with van der Waals surface area (Å²) in [7, 11) is -3.51. The molecule has 4 aromatic heterocycles. The number of hydrazine groups is 1.